The molecule has 2 heterocycles. The SMILES string of the molecule is CC(C)(C)CC(=O)N1CCCC1C(=O)N1CC[C@@H](N)C1.Cl. The van der Waals surface area contributed by atoms with E-state index in [2.05, 4.69) is 20.8 Å². The second kappa shape index (κ2) is 6.97. The molecule has 1 unspecified atom stereocenters. The minimum Gasteiger partial charge on any atom is -0.339 e. The Hall–Kier alpha value is -0.810. The molecule has 0 aromatic carbocycles. The summed E-state index contributed by atoms with van der Waals surface area (Å²) in [5.74, 6) is 0.203. The number of hydrogen-bond acceptors (Lipinski definition) is 3. The van der Waals surface area contributed by atoms with E-state index in [-0.39, 0.29) is 41.7 Å². The zero-order valence-corrected chi connectivity index (χ0v) is 14.1. The number of carbonyl (C=O) groups excluding carboxylic acids is 2. The number of nitrogens with zero attached hydrogens (tertiary/aromatic N) is 2. The highest BCUT2D eigenvalue weighted by atomic mass is 35.5. The molecule has 122 valence electrons. The fourth-order valence-electron chi connectivity index (χ4n) is 3.08. The normalized spacial score (nSPS) is 25.9. The van der Waals surface area contributed by atoms with E-state index in [9.17, 15) is 9.59 Å². The van der Waals surface area contributed by atoms with Gasteiger partial charge in [-0.3, -0.25) is 9.59 Å². The average molecular weight is 318 g/mol. The van der Waals surface area contributed by atoms with Crippen molar-refractivity contribution in [3.05, 3.63) is 0 Å². The number of nitrogens with two attached hydrogens (primary N) is 1. The smallest absolute Gasteiger partial charge is 0.245 e. The molecule has 0 spiro atoms. The van der Waals surface area contributed by atoms with Gasteiger partial charge in [-0.15, -0.1) is 12.4 Å². The third kappa shape index (κ3) is 4.58. The maximum atomic E-state index is 12.6. The minimum absolute atomic E-state index is 0. The molecule has 2 saturated heterocycles. The number of amides is 2. The van der Waals surface area contributed by atoms with E-state index < -0.39 is 0 Å². The highest BCUT2D eigenvalue weighted by molar-refractivity contribution is 5.88. The van der Waals surface area contributed by atoms with Crippen molar-refractivity contribution in [1.82, 2.24) is 9.80 Å². The third-order valence-corrected chi connectivity index (χ3v) is 4.08. The minimum atomic E-state index is -0.254. The van der Waals surface area contributed by atoms with Gasteiger partial charge in [-0.2, -0.15) is 0 Å². The lowest BCUT2D eigenvalue weighted by atomic mass is 9.91. The summed E-state index contributed by atoms with van der Waals surface area (Å²) in [6, 6.07) is -0.158. The standard InChI is InChI=1S/C15H27N3O2.ClH/c1-15(2,3)9-13(19)18-7-4-5-12(18)14(20)17-8-6-11(16)10-17;/h11-12H,4-10,16H2,1-3H3;1H/t11-,12?;/m1./s1. The third-order valence-electron chi connectivity index (χ3n) is 4.08. The van der Waals surface area contributed by atoms with E-state index in [1.807, 2.05) is 4.90 Å². The second-order valence-corrected chi connectivity index (χ2v) is 7.32. The van der Waals surface area contributed by atoms with Crippen LogP contribution < -0.4 is 5.73 Å². The fraction of sp³-hybridized carbons (Fsp3) is 0.867. The number of rotatable bonds is 2. The summed E-state index contributed by atoms with van der Waals surface area (Å²) in [7, 11) is 0. The summed E-state index contributed by atoms with van der Waals surface area (Å²) in [6.07, 6.45) is 3.08. The lowest BCUT2D eigenvalue weighted by Gasteiger charge is -2.30. The molecule has 2 aliphatic heterocycles. The first-order chi connectivity index (χ1) is 9.28. The maximum Gasteiger partial charge on any atom is 0.245 e. The molecule has 2 amide bonds. The van der Waals surface area contributed by atoms with Crippen LogP contribution in [0.15, 0.2) is 0 Å². The summed E-state index contributed by atoms with van der Waals surface area (Å²) in [6.45, 7) is 8.24. The van der Waals surface area contributed by atoms with E-state index in [1.54, 1.807) is 4.90 Å². The molecular formula is C15H28ClN3O2. The van der Waals surface area contributed by atoms with Crippen LogP contribution in [0.5, 0.6) is 0 Å². The molecule has 0 saturated carbocycles. The summed E-state index contributed by atoms with van der Waals surface area (Å²) in [5.41, 5.74) is 5.83. The largest absolute Gasteiger partial charge is 0.339 e. The molecule has 0 bridgehead atoms. The molecule has 6 heteroatoms. The average Bonchev–Trinajstić information content (AvgIpc) is 2.93. The summed E-state index contributed by atoms with van der Waals surface area (Å²) < 4.78 is 0. The van der Waals surface area contributed by atoms with Crippen molar-refractivity contribution in [3.8, 4) is 0 Å². The van der Waals surface area contributed by atoms with Crippen molar-refractivity contribution < 1.29 is 9.59 Å². The lowest BCUT2D eigenvalue weighted by Crippen LogP contribution is -2.48. The Balaban J connectivity index is 0.00000220. The number of hydrogen-bond donors (Lipinski definition) is 1. The van der Waals surface area contributed by atoms with Crippen LogP contribution >= 0.6 is 12.4 Å². The first-order valence-electron chi connectivity index (χ1n) is 7.62. The molecule has 2 rings (SSSR count). The highest BCUT2D eigenvalue weighted by Crippen LogP contribution is 2.26. The number of likely N-dealkylation sites (tertiary alicyclic amines) is 2. The van der Waals surface area contributed by atoms with Gasteiger partial charge in [0.25, 0.3) is 0 Å². The van der Waals surface area contributed by atoms with Crippen LogP contribution in [-0.2, 0) is 9.59 Å². The molecular weight excluding hydrogens is 290 g/mol. The Morgan fingerprint density at radius 1 is 1.19 bits per heavy atom. The van der Waals surface area contributed by atoms with Crippen LogP contribution in [-0.4, -0.2) is 53.3 Å². The molecule has 2 atom stereocenters. The van der Waals surface area contributed by atoms with E-state index in [0.29, 0.717) is 19.5 Å². The molecule has 5 nitrogen and oxygen atoms in total. The maximum absolute atomic E-state index is 12.6. The van der Waals surface area contributed by atoms with Crippen LogP contribution in [0, 0.1) is 5.41 Å². The van der Waals surface area contributed by atoms with Crippen molar-refractivity contribution in [2.45, 2.75) is 58.5 Å². The van der Waals surface area contributed by atoms with E-state index >= 15 is 0 Å². The molecule has 2 fully saturated rings. The quantitative estimate of drug-likeness (QED) is 0.837. The van der Waals surface area contributed by atoms with Gasteiger partial charge in [-0.1, -0.05) is 20.8 Å². The Kier molecular flexibility index (Phi) is 6.05. The van der Waals surface area contributed by atoms with E-state index in [1.165, 1.54) is 0 Å². The number of carbonyl (C=O) groups is 2. The Bertz CT molecular complexity index is 395. The molecule has 0 radical (unpaired) electrons. The predicted molar refractivity (Wildman–Crippen MR) is 85.2 cm³/mol. The zero-order valence-electron chi connectivity index (χ0n) is 13.3. The molecule has 2 N–H and O–H groups in total. The Morgan fingerprint density at radius 3 is 2.38 bits per heavy atom. The van der Waals surface area contributed by atoms with Gasteiger partial charge in [-0.25, -0.2) is 0 Å². The molecule has 0 aromatic rings. The van der Waals surface area contributed by atoms with Crippen molar-refractivity contribution in [1.29, 1.82) is 0 Å². The monoisotopic (exact) mass is 317 g/mol. The molecule has 0 aromatic heterocycles. The van der Waals surface area contributed by atoms with Gasteiger partial charge in [0.2, 0.25) is 11.8 Å². The van der Waals surface area contributed by atoms with Crippen LogP contribution in [0.4, 0.5) is 0 Å². The first-order valence-corrected chi connectivity index (χ1v) is 7.62. The van der Waals surface area contributed by atoms with Crippen LogP contribution in [0.3, 0.4) is 0 Å². The summed E-state index contributed by atoms with van der Waals surface area (Å²) in [4.78, 5) is 28.6. The Labute approximate surface area is 133 Å². The van der Waals surface area contributed by atoms with Gasteiger partial charge in [0, 0.05) is 32.1 Å². The highest BCUT2D eigenvalue weighted by Gasteiger charge is 2.38. The van der Waals surface area contributed by atoms with Gasteiger partial charge in [-0.05, 0) is 24.7 Å². The van der Waals surface area contributed by atoms with Crippen molar-refractivity contribution in [3.63, 3.8) is 0 Å². The van der Waals surface area contributed by atoms with E-state index in [4.69, 9.17) is 5.73 Å². The van der Waals surface area contributed by atoms with Gasteiger partial charge in [0.05, 0.1) is 0 Å². The first kappa shape index (κ1) is 18.2. The Morgan fingerprint density at radius 2 is 1.86 bits per heavy atom. The number of halogens is 1. The fourth-order valence-corrected chi connectivity index (χ4v) is 3.08. The van der Waals surface area contributed by atoms with Crippen LogP contribution in [0.1, 0.15) is 46.5 Å². The molecule has 2 aliphatic rings. The van der Waals surface area contributed by atoms with Crippen molar-refractivity contribution in [2.24, 2.45) is 11.1 Å². The van der Waals surface area contributed by atoms with Gasteiger partial charge in [0.15, 0.2) is 0 Å². The molecule has 21 heavy (non-hydrogen) atoms. The van der Waals surface area contributed by atoms with Gasteiger partial charge < -0.3 is 15.5 Å². The lowest BCUT2D eigenvalue weighted by molar-refractivity contribution is -0.144. The second-order valence-electron chi connectivity index (χ2n) is 7.32. The van der Waals surface area contributed by atoms with Crippen LogP contribution in [0.2, 0.25) is 0 Å². The summed E-state index contributed by atoms with van der Waals surface area (Å²) >= 11 is 0. The topological polar surface area (TPSA) is 66.6 Å². The van der Waals surface area contributed by atoms with Crippen molar-refractivity contribution in [2.75, 3.05) is 19.6 Å². The molecule has 0 aliphatic carbocycles. The predicted octanol–water partition coefficient (Wildman–Crippen LogP) is 1.40. The van der Waals surface area contributed by atoms with Gasteiger partial charge in [0.1, 0.15) is 6.04 Å². The van der Waals surface area contributed by atoms with Crippen LogP contribution in [0.25, 0.3) is 0 Å². The van der Waals surface area contributed by atoms with E-state index in [0.717, 1.165) is 25.8 Å². The zero-order chi connectivity index (χ0) is 14.9. The summed E-state index contributed by atoms with van der Waals surface area (Å²) in [5, 5.41) is 0. The van der Waals surface area contributed by atoms with Crippen molar-refractivity contribution >= 4 is 24.2 Å². The van der Waals surface area contributed by atoms with Gasteiger partial charge >= 0.3 is 0 Å².